The van der Waals surface area contributed by atoms with Crippen molar-refractivity contribution in [2.45, 2.75) is 38.3 Å². The van der Waals surface area contributed by atoms with Gasteiger partial charge in [-0.25, -0.2) is 4.98 Å². The number of rotatable bonds is 11. The van der Waals surface area contributed by atoms with E-state index in [-0.39, 0.29) is 24.7 Å². The normalized spacial score (nSPS) is 26.3. The summed E-state index contributed by atoms with van der Waals surface area (Å²) in [5.41, 5.74) is 2.36. The summed E-state index contributed by atoms with van der Waals surface area (Å²) in [6.07, 6.45) is 17.3. The SMILES string of the molecule is CC(O)c1nccn1C(/C=C/C1(C2CC(CNCCO)C2)C=CC(c2ccccc2)=CC1)CO. The number of nitrogens with zero attached hydrogens (tertiary/aromatic N) is 2. The Bertz CT molecular complexity index is 1000. The van der Waals surface area contributed by atoms with Crippen LogP contribution in [0.5, 0.6) is 0 Å². The molecule has 6 heteroatoms. The molecule has 4 rings (SSSR count). The molecule has 0 spiro atoms. The lowest BCUT2D eigenvalue weighted by Gasteiger charge is -2.47. The summed E-state index contributed by atoms with van der Waals surface area (Å²) in [6.45, 7) is 3.39. The van der Waals surface area contributed by atoms with Gasteiger partial charge in [0.05, 0.1) is 19.3 Å². The number of hydrogen-bond donors (Lipinski definition) is 4. The molecule has 3 unspecified atom stereocenters. The highest BCUT2D eigenvalue weighted by molar-refractivity contribution is 5.75. The number of aromatic nitrogens is 2. The summed E-state index contributed by atoms with van der Waals surface area (Å²) in [4.78, 5) is 4.27. The minimum Gasteiger partial charge on any atom is -0.395 e. The molecule has 0 aliphatic heterocycles. The average molecular weight is 464 g/mol. The summed E-state index contributed by atoms with van der Waals surface area (Å²) in [7, 11) is 0. The highest BCUT2D eigenvalue weighted by atomic mass is 16.3. The molecule has 0 bridgehead atoms. The molecule has 2 aromatic rings. The van der Waals surface area contributed by atoms with Crippen LogP contribution in [0.25, 0.3) is 5.57 Å². The van der Waals surface area contributed by atoms with Gasteiger partial charge in [-0.15, -0.1) is 0 Å². The van der Waals surface area contributed by atoms with E-state index >= 15 is 0 Å². The van der Waals surface area contributed by atoms with Crippen molar-refractivity contribution in [1.82, 2.24) is 14.9 Å². The Balaban J connectivity index is 1.54. The van der Waals surface area contributed by atoms with E-state index in [2.05, 4.69) is 64.9 Å². The van der Waals surface area contributed by atoms with Crippen LogP contribution < -0.4 is 5.32 Å². The van der Waals surface area contributed by atoms with Gasteiger partial charge in [0.15, 0.2) is 0 Å². The van der Waals surface area contributed by atoms with E-state index in [0.717, 1.165) is 25.8 Å². The lowest BCUT2D eigenvalue weighted by molar-refractivity contribution is 0.101. The van der Waals surface area contributed by atoms with Crippen LogP contribution in [0.1, 0.15) is 49.7 Å². The largest absolute Gasteiger partial charge is 0.395 e. The maximum absolute atomic E-state index is 10.1. The topological polar surface area (TPSA) is 90.5 Å². The first-order valence-corrected chi connectivity index (χ1v) is 12.3. The van der Waals surface area contributed by atoms with Gasteiger partial charge in [-0.1, -0.05) is 60.7 Å². The van der Waals surface area contributed by atoms with Gasteiger partial charge < -0.3 is 25.2 Å². The molecule has 1 heterocycles. The fraction of sp³-hybridized carbons (Fsp3) is 0.464. The molecular weight excluding hydrogens is 426 g/mol. The molecule has 1 fully saturated rings. The van der Waals surface area contributed by atoms with E-state index in [9.17, 15) is 10.2 Å². The molecule has 1 saturated carbocycles. The van der Waals surface area contributed by atoms with E-state index in [0.29, 0.717) is 24.2 Å². The van der Waals surface area contributed by atoms with Crippen LogP contribution in [0, 0.1) is 17.3 Å². The maximum atomic E-state index is 10.1. The van der Waals surface area contributed by atoms with Crippen LogP contribution in [0.15, 0.2) is 73.1 Å². The Labute approximate surface area is 202 Å². The van der Waals surface area contributed by atoms with Gasteiger partial charge in [0.2, 0.25) is 0 Å². The quantitative estimate of drug-likeness (QED) is 0.302. The predicted octanol–water partition coefficient (Wildman–Crippen LogP) is 3.66. The lowest BCUT2D eigenvalue weighted by atomic mass is 9.58. The molecule has 0 saturated heterocycles. The zero-order chi connectivity index (χ0) is 24.0. The van der Waals surface area contributed by atoms with Gasteiger partial charge in [-0.05, 0) is 55.7 Å². The molecule has 0 radical (unpaired) electrons. The van der Waals surface area contributed by atoms with Crippen molar-refractivity contribution in [3.05, 3.63) is 84.5 Å². The van der Waals surface area contributed by atoms with E-state index in [1.165, 1.54) is 11.1 Å². The molecule has 6 nitrogen and oxygen atoms in total. The molecule has 1 aromatic heterocycles. The smallest absolute Gasteiger partial charge is 0.137 e. The summed E-state index contributed by atoms with van der Waals surface area (Å²) < 4.78 is 1.86. The van der Waals surface area contributed by atoms with Gasteiger partial charge in [-0.2, -0.15) is 0 Å². The predicted molar refractivity (Wildman–Crippen MR) is 135 cm³/mol. The van der Waals surface area contributed by atoms with Gasteiger partial charge in [0.1, 0.15) is 11.9 Å². The van der Waals surface area contributed by atoms with Crippen LogP contribution in [-0.2, 0) is 0 Å². The maximum Gasteiger partial charge on any atom is 0.137 e. The third kappa shape index (κ3) is 5.41. The van der Waals surface area contributed by atoms with Crippen LogP contribution in [0.4, 0.5) is 0 Å². The number of hydrogen-bond acceptors (Lipinski definition) is 5. The molecule has 4 N–H and O–H groups in total. The van der Waals surface area contributed by atoms with Gasteiger partial charge in [0.25, 0.3) is 0 Å². The monoisotopic (exact) mass is 463 g/mol. The van der Waals surface area contributed by atoms with E-state index < -0.39 is 6.10 Å². The van der Waals surface area contributed by atoms with E-state index in [1.54, 1.807) is 13.1 Å². The second-order valence-electron chi connectivity index (χ2n) is 9.62. The van der Waals surface area contributed by atoms with Crippen LogP contribution >= 0.6 is 0 Å². The lowest BCUT2D eigenvalue weighted by Crippen LogP contribution is -2.42. The van der Waals surface area contributed by atoms with Crippen molar-refractivity contribution >= 4 is 5.57 Å². The van der Waals surface area contributed by atoms with Crippen molar-refractivity contribution in [2.24, 2.45) is 17.3 Å². The van der Waals surface area contributed by atoms with Crippen LogP contribution in [0.3, 0.4) is 0 Å². The Morgan fingerprint density at radius 1 is 1.24 bits per heavy atom. The van der Waals surface area contributed by atoms with Gasteiger partial charge in [0, 0.05) is 24.4 Å². The fourth-order valence-corrected chi connectivity index (χ4v) is 5.26. The van der Waals surface area contributed by atoms with Crippen molar-refractivity contribution in [3.8, 4) is 0 Å². The van der Waals surface area contributed by atoms with Crippen molar-refractivity contribution < 1.29 is 15.3 Å². The third-order valence-corrected chi connectivity index (χ3v) is 7.32. The number of aliphatic hydroxyl groups excluding tert-OH is 3. The van der Waals surface area contributed by atoms with Gasteiger partial charge >= 0.3 is 0 Å². The molecule has 34 heavy (non-hydrogen) atoms. The zero-order valence-corrected chi connectivity index (χ0v) is 19.9. The number of aliphatic hydroxyl groups is 3. The Morgan fingerprint density at radius 2 is 2.03 bits per heavy atom. The fourth-order valence-electron chi connectivity index (χ4n) is 5.26. The molecule has 2 aliphatic rings. The summed E-state index contributed by atoms with van der Waals surface area (Å²) in [6, 6.07) is 10.2. The standard InChI is InChI=1S/C28H37N3O3/c1-21(34)27-30-13-15-31(27)26(20-33)9-12-28(25-17-22(18-25)19-29-14-16-32)10-7-24(8-11-28)23-5-3-2-4-6-23/h2-10,12-13,15,21-22,25-26,29,32-34H,11,14,16-20H2,1H3/b12-9+. The number of benzene rings is 1. The second-order valence-corrected chi connectivity index (χ2v) is 9.62. The van der Waals surface area contributed by atoms with E-state index in [1.807, 2.05) is 16.8 Å². The van der Waals surface area contributed by atoms with Crippen molar-refractivity contribution in [3.63, 3.8) is 0 Å². The highest BCUT2D eigenvalue weighted by Crippen LogP contribution is 2.51. The number of allylic oxidation sites excluding steroid dienone is 5. The zero-order valence-electron chi connectivity index (χ0n) is 19.9. The summed E-state index contributed by atoms with van der Waals surface area (Å²) in [5, 5.41) is 32.6. The van der Waals surface area contributed by atoms with Crippen molar-refractivity contribution in [1.29, 1.82) is 0 Å². The first-order valence-electron chi connectivity index (χ1n) is 12.3. The van der Waals surface area contributed by atoms with Gasteiger partial charge in [-0.3, -0.25) is 0 Å². The summed E-state index contributed by atoms with van der Waals surface area (Å²) >= 11 is 0. The first-order chi connectivity index (χ1) is 16.6. The van der Waals surface area contributed by atoms with E-state index in [4.69, 9.17) is 5.11 Å². The molecule has 182 valence electrons. The minimum atomic E-state index is -0.698. The average Bonchev–Trinajstić information content (AvgIpc) is 3.32. The first kappa shape index (κ1) is 24.6. The van der Waals surface area contributed by atoms with Crippen LogP contribution in [0.2, 0.25) is 0 Å². The van der Waals surface area contributed by atoms with Crippen molar-refractivity contribution in [2.75, 3.05) is 26.3 Å². The highest BCUT2D eigenvalue weighted by Gasteiger charge is 2.43. The minimum absolute atomic E-state index is 0.0597. The van der Waals surface area contributed by atoms with Crippen LogP contribution in [-0.4, -0.2) is 51.2 Å². The molecule has 2 aliphatic carbocycles. The summed E-state index contributed by atoms with van der Waals surface area (Å²) in [5.74, 6) is 1.70. The Morgan fingerprint density at radius 3 is 2.68 bits per heavy atom. The second kappa shape index (κ2) is 11.3. The Hall–Kier alpha value is -2.51. The third-order valence-electron chi connectivity index (χ3n) is 7.32. The molecular formula is C28H37N3O3. The molecule has 1 aromatic carbocycles. The molecule has 3 atom stereocenters. The molecule has 0 amide bonds. The Kier molecular flexibility index (Phi) is 8.16. The number of imidazole rings is 1. The number of nitrogens with one attached hydrogen (secondary N) is 1.